The predicted octanol–water partition coefficient (Wildman–Crippen LogP) is 3.05. The zero-order chi connectivity index (χ0) is 24.8. The molecule has 1 amide bonds. The number of amides is 1. The van der Waals surface area contributed by atoms with Crippen molar-refractivity contribution >= 4 is 46.3 Å². The first-order valence-corrected chi connectivity index (χ1v) is 11.4. The van der Waals surface area contributed by atoms with E-state index in [1.54, 1.807) is 38.3 Å². The Morgan fingerprint density at radius 2 is 1.94 bits per heavy atom. The molecule has 4 N–H and O–H groups in total. The molecule has 180 valence electrons. The summed E-state index contributed by atoms with van der Waals surface area (Å²) in [6, 6.07) is 14.3. The summed E-state index contributed by atoms with van der Waals surface area (Å²) < 4.78 is 11.0. The Bertz CT molecular complexity index is 1330. The van der Waals surface area contributed by atoms with Gasteiger partial charge < -0.3 is 25.1 Å². The summed E-state index contributed by atoms with van der Waals surface area (Å²) in [6.07, 6.45) is 3.39. The van der Waals surface area contributed by atoms with Gasteiger partial charge in [-0.15, -0.1) is 0 Å². The van der Waals surface area contributed by atoms with Crippen molar-refractivity contribution in [2.75, 3.05) is 13.2 Å². The first kappa shape index (κ1) is 24.0. The zero-order valence-electron chi connectivity index (χ0n) is 19.3. The summed E-state index contributed by atoms with van der Waals surface area (Å²) in [7, 11) is 0. The van der Waals surface area contributed by atoms with Gasteiger partial charge in [-0.25, -0.2) is 10.2 Å². The molecule has 1 aromatic heterocycles. The molecule has 2 heterocycles. The summed E-state index contributed by atoms with van der Waals surface area (Å²) in [5.74, 6) is -0.459. The number of carbonyl (C=O) groups excluding carboxylic acids is 2. The molecule has 2 aromatic carbocycles. The lowest BCUT2D eigenvalue weighted by molar-refractivity contribution is -0.139. The van der Waals surface area contributed by atoms with Crippen LogP contribution in [0.25, 0.3) is 10.9 Å². The number of esters is 1. The van der Waals surface area contributed by atoms with Crippen LogP contribution in [0, 0.1) is 0 Å². The minimum atomic E-state index is -0.595. The van der Waals surface area contributed by atoms with Crippen molar-refractivity contribution < 1.29 is 19.1 Å². The van der Waals surface area contributed by atoms with Crippen molar-refractivity contribution in [2.45, 2.75) is 19.9 Å². The lowest BCUT2D eigenvalue weighted by Gasteiger charge is -2.30. The zero-order valence-corrected chi connectivity index (χ0v) is 20.1. The second-order valence-electron chi connectivity index (χ2n) is 7.70. The highest BCUT2D eigenvalue weighted by Gasteiger charge is 2.32. The molecule has 4 rings (SSSR count). The van der Waals surface area contributed by atoms with Crippen LogP contribution in [-0.4, -0.2) is 41.4 Å². The highest BCUT2D eigenvalue weighted by Crippen LogP contribution is 2.33. The predicted molar refractivity (Wildman–Crippen MR) is 137 cm³/mol. The Hall–Kier alpha value is -4.18. The molecule has 1 aliphatic heterocycles. The van der Waals surface area contributed by atoms with Gasteiger partial charge in [0.25, 0.3) is 5.91 Å². The van der Waals surface area contributed by atoms with Crippen LogP contribution in [0.15, 0.2) is 71.1 Å². The third-order valence-corrected chi connectivity index (χ3v) is 5.59. The number of aromatic nitrogens is 1. The number of hydrogen-bond acceptors (Lipinski definition) is 6. The third-order valence-electron chi connectivity index (χ3n) is 5.37. The van der Waals surface area contributed by atoms with E-state index in [1.165, 1.54) is 0 Å². The smallest absolute Gasteiger partial charge is 0.338 e. The highest BCUT2D eigenvalue weighted by atomic mass is 32.1. The molecule has 0 saturated heterocycles. The second-order valence-corrected chi connectivity index (χ2v) is 8.11. The third kappa shape index (κ3) is 5.49. The lowest BCUT2D eigenvalue weighted by atomic mass is 9.95. The van der Waals surface area contributed by atoms with Gasteiger partial charge in [0.2, 0.25) is 0 Å². The van der Waals surface area contributed by atoms with Crippen LogP contribution in [0.2, 0.25) is 0 Å². The van der Waals surface area contributed by atoms with Crippen molar-refractivity contribution in [1.82, 2.24) is 21.0 Å². The molecule has 1 atom stereocenters. The van der Waals surface area contributed by atoms with Crippen LogP contribution in [0.4, 0.5) is 0 Å². The normalized spacial score (nSPS) is 15.6. The van der Waals surface area contributed by atoms with Gasteiger partial charge in [-0.05, 0) is 38.2 Å². The average molecular weight is 492 g/mol. The number of carbonyl (C=O) groups is 2. The van der Waals surface area contributed by atoms with Crippen LogP contribution in [-0.2, 0) is 14.3 Å². The number of benzene rings is 2. The molecule has 35 heavy (non-hydrogen) atoms. The number of hydrogen-bond donors (Lipinski definition) is 4. The average Bonchev–Trinajstić information content (AvgIpc) is 3.25. The number of ether oxygens (including phenoxy) is 2. The standard InChI is InChI=1S/C25H25N5O4S/c1-3-33-24(32)22-15(2)28-25(35)29-23(22)18-9-5-7-11-20(18)34-14-21(31)30-27-13-16-12-26-19-10-6-4-8-17(16)19/h4-13,23,26H,3,14H2,1-2H3,(H,30,31)(H2,28,29,35)/t23-/m1/s1. The fraction of sp³-hybridized carbons (Fsp3) is 0.200. The number of allylic oxidation sites excluding steroid dienone is 1. The summed E-state index contributed by atoms with van der Waals surface area (Å²) in [6.45, 7) is 3.47. The molecule has 0 aliphatic carbocycles. The molecule has 1 aliphatic rings. The number of hydrazone groups is 1. The molecular weight excluding hydrogens is 466 g/mol. The monoisotopic (exact) mass is 491 g/mol. The largest absolute Gasteiger partial charge is 0.483 e. The van der Waals surface area contributed by atoms with Crippen LogP contribution < -0.4 is 20.8 Å². The SMILES string of the molecule is CCOC(=O)C1=C(C)NC(=S)N[C@@H]1c1ccccc1OCC(=O)NN=Cc1c[nH]c2ccccc12. The Kier molecular flexibility index (Phi) is 7.41. The summed E-state index contributed by atoms with van der Waals surface area (Å²) >= 11 is 5.29. The number of para-hydroxylation sites is 2. The van der Waals surface area contributed by atoms with Gasteiger partial charge in [0, 0.05) is 33.9 Å². The maximum atomic E-state index is 12.6. The molecule has 0 unspecified atom stereocenters. The molecule has 10 heteroatoms. The van der Waals surface area contributed by atoms with E-state index in [-0.39, 0.29) is 13.2 Å². The minimum absolute atomic E-state index is 0.240. The molecule has 0 bridgehead atoms. The minimum Gasteiger partial charge on any atom is -0.483 e. The molecule has 3 aromatic rings. The number of fused-ring (bicyclic) bond motifs is 1. The van der Waals surface area contributed by atoms with Crippen LogP contribution >= 0.6 is 12.2 Å². The number of nitrogens with zero attached hydrogens (tertiary/aromatic N) is 1. The lowest BCUT2D eigenvalue weighted by Crippen LogP contribution is -2.45. The van der Waals surface area contributed by atoms with Crippen molar-refractivity contribution in [3.8, 4) is 5.75 Å². The highest BCUT2D eigenvalue weighted by molar-refractivity contribution is 7.80. The van der Waals surface area contributed by atoms with Gasteiger partial charge in [-0.1, -0.05) is 36.4 Å². The van der Waals surface area contributed by atoms with Gasteiger partial charge >= 0.3 is 5.97 Å². The van der Waals surface area contributed by atoms with Crippen molar-refractivity contribution in [1.29, 1.82) is 0 Å². The van der Waals surface area contributed by atoms with E-state index < -0.39 is 17.9 Å². The Labute approximate surface area is 207 Å². The topological polar surface area (TPSA) is 117 Å². The summed E-state index contributed by atoms with van der Waals surface area (Å²) in [4.78, 5) is 28.2. The quantitative estimate of drug-likeness (QED) is 0.166. The van der Waals surface area contributed by atoms with E-state index in [0.29, 0.717) is 27.7 Å². The number of thiocarbonyl (C=S) groups is 1. The van der Waals surface area contributed by atoms with E-state index in [2.05, 4.69) is 26.1 Å². The van der Waals surface area contributed by atoms with Crippen LogP contribution in [0.3, 0.4) is 0 Å². The fourth-order valence-corrected chi connectivity index (χ4v) is 4.08. The van der Waals surface area contributed by atoms with Gasteiger partial charge in [0.15, 0.2) is 11.7 Å². The molecule has 9 nitrogen and oxygen atoms in total. The van der Waals surface area contributed by atoms with Crippen molar-refractivity contribution in [3.63, 3.8) is 0 Å². The van der Waals surface area contributed by atoms with Gasteiger partial charge in [-0.3, -0.25) is 4.79 Å². The van der Waals surface area contributed by atoms with Gasteiger partial charge in [0.05, 0.1) is 24.4 Å². The number of aromatic amines is 1. The van der Waals surface area contributed by atoms with E-state index in [9.17, 15) is 9.59 Å². The van der Waals surface area contributed by atoms with Crippen LogP contribution in [0.1, 0.15) is 31.0 Å². The molecule has 0 radical (unpaired) electrons. The van der Waals surface area contributed by atoms with E-state index in [1.807, 2.05) is 36.5 Å². The van der Waals surface area contributed by atoms with Crippen molar-refractivity contribution in [3.05, 3.63) is 77.1 Å². The van der Waals surface area contributed by atoms with Crippen molar-refractivity contribution in [2.24, 2.45) is 5.10 Å². The number of rotatable bonds is 8. The van der Waals surface area contributed by atoms with E-state index >= 15 is 0 Å². The number of nitrogens with one attached hydrogen (secondary N) is 4. The fourth-order valence-electron chi connectivity index (χ4n) is 3.81. The maximum Gasteiger partial charge on any atom is 0.338 e. The first-order valence-electron chi connectivity index (χ1n) is 11.0. The second kappa shape index (κ2) is 10.8. The number of H-pyrrole nitrogens is 1. The summed E-state index contributed by atoms with van der Waals surface area (Å²) in [5.41, 5.74) is 5.95. The van der Waals surface area contributed by atoms with E-state index in [4.69, 9.17) is 21.7 Å². The molecular formula is C25H25N5O4S. The van der Waals surface area contributed by atoms with Crippen LogP contribution in [0.5, 0.6) is 5.75 Å². The molecule has 0 fully saturated rings. The first-order chi connectivity index (χ1) is 17.0. The Morgan fingerprint density at radius 1 is 1.17 bits per heavy atom. The summed E-state index contributed by atoms with van der Waals surface area (Å²) in [5, 5.41) is 11.5. The Morgan fingerprint density at radius 3 is 2.77 bits per heavy atom. The van der Waals surface area contributed by atoms with Gasteiger partial charge in [0.1, 0.15) is 5.75 Å². The Balaban J connectivity index is 1.45. The van der Waals surface area contributed by atoms with Gasteiger partial charge in [-0.2, -0.15) is 5.10 Å². The molecule has 0 spiro atoms. The molecule has 0 saturated carbocycles. The van der Waals surface area contributed by atoms with E-state index in [0.717, 1.165) is 16.5 Å². The maximum absolute atomic E-state index is 12.6.